The zero-order chi connectivity index (χ0) is 16.7. The number of rotatable bonds is 3. The van der Waals surface area contributed by atoms with Crippen LogP contribution in [-0.4, -0.2) is 16.7 Å². The van der Waals surface area contributed by atoms with Crippen LogP contribution in [0.1, 0.15) is 57.8 Å². The van der Waals surface area contributed by atoms with Crippen molar-refractivity contribution in [3.63, 3.8) is 0 Å². The molecule has 1 N–H and O–H groups in total. The zero-order valence-corrected chi connectivity index (χ0v) is 13.1. The molecule has 2 aromatic rings. The maximum absolute atomic E-state index is 13.0. The maximum atomic E-state index is 13.0. The van der Waals surface area contributed by atoms with Crippen LogP contribution in [0.5, 0.6) is 0 Å². The Kier molecular flexibility index (Phi) is 3.44. The first kappa shape index (κ1) is 15.0. The van der Waals surface area contributed by atoms with Gasteiger partial charge in [-0.15, -0.1) is 0 Å². The van der Waals surface area contributed by atoms with E-state index in [-0.39, 0.29) is 17.5 Å². The number of hydrogen-bond donors (Lipinski definition) is 1. The third-order valence-corrected chi connectivity index (χ3v) is 4.79. The lowest BCUT2D eigenvalue weighted by atomic mass is 9.94. The van der Waals surface area contributed by atoms with E-state index in [0.717, 1.165) is 37.1 Å². The summed E-state index contributed by atoms with van der Waals surface area (Å²) in [6.45, 7) is 0. The van der Waals surface area contributed by atoms with Gasteiger partial charge in [0.15, 0.2) is 5.78 Å². The van der Waals surface area contributed by atoms with Crippen LogP contribution in [0.2, 0.25) is 0 Å². The molecule has 0 atom stereocenters. The second-order valence-corrected chi connectivity index (χ2v) is 6.51. The molecule has 4 rings (SSSR count). The van der Waals surface area contributed by atoms with Gasteiger partial charge in [0, 0.05) is 17.5 Å². The first-order chi connectivity index (χ1) is 11.6. The van der Waals surface area contributed by atoms with Gasteiger partial charge in [0.1, 0.15) is 5.82 Å². The summed E-state index contributed by atoms with van der Waals surface area (Å²) < 4.78 is 13.0. The number of aromatic nitrogens is 1. The van der Waals surface area contributed by atoms with E-state index in [1.54, 1.807) is 0 Å². The molecule has 1 fully saturated rings. The standard InChI is InChI=1S/C19H17FN2O2/c20-13-6-4-12(5-7-13)18(24)22-19(10-11-19)17-9-8-14-15(21-17)2-1-3-16(14)23/h4-9H,1-3,10-11H2,(H,22,24). The Hall–Kier alpha value is -2.56. The minimum atomic E-state index is -0.457. The Labute approximate surface area is 139 Å². The lowest BCUT2D eigenvalue weighted by Crippen LogP contribution is -2.36. The summed E-state index contributed by atoms with van der Waals surface area (Å²) >= 11 is 0. The predicted molar refractivity (Wildman–Crippen MR) is 86.3 cm³/mol. The molecule has 0 bridgehead atoms. The molecular formula is C19H17FN2O2. The molecule has 1 saturated carbocycles. The van der Waals surface area contributed by atoms with Gasteiger partial charge in [-0.05, 0) is 62.1 Å². The van der Waals surface area contributed by atoms with Crippen molar-refractivity contribution in [1.29, 1.82) is 0 Å². The fourth-order valence-electron chi connectivity index (χ4n) is 3.22. The van der Waals surface area contributed by atoms with Gasteiger partial charge in [0.25, 0.3) is 5.91 Å². The molecule has 5 heteroatoms. The quantitative estimate of drug-likeness (QED) is 0.943. The van der Waals surface area contributed by atoms with E-state index >= 15 is 0 Å². The van der Waals surface area contributed by atoms with Crippen molar-refractivity contribution in [1.82, 2.24) is 10.3 Å². The van der Waals surface area contributed by atoms with Crippen LogP contribution in [0.15, 0.2) is 36.4 Å². The fourth-order valence-corrected chi connectivity index (χ4v) is 3.22. The highest BCUT2D eigenvalue weighted by Crippen LogP contribution is 2.45. The third kappa shape index (κ3) is 2.60. The van der Waals surface area contributed by atoms with Crippen molar-refractivity contribution >= 4 is 11.7 Å². The van der Waals surface area contributed by atoms with Gasteiger partial charge in [-0.25, -0.2) is 4.39 Å². The van der Waals surface area contributed by atoms with E-state index < -0.39 is 5.54 Å². The highest BCUT2D eigenvalue weighted by atomic mass is 19.1. The molecule has 1 aromatic carbocycles. The first-order valence-corrected chi connectivity index (χ1v) is 8.19. The number of fused-ring (bicyclic) bond motifs is 1. The van der Waals surface area contributed by atoms with Gasteiger partial charge < -0.3 is 5.32 Å². The summed E-state index contributed by atoms with van der Waals surface area (Å²) in [6.07, 6.45) is 3.86. The molecule has 2 aliphatic rings. The minimum absolute atomic E-state index is 0.149. The van der Waals surface area contributed by atoms with Gasteiger partial charge in [-0.2, -0.15) is 0 Å². The Balaban J connectivity index is 1.58. The van der Waals surface area contributed by atoms with E-state index in [0.29, 0.717) is 17.5 Å². The number of nitrogens with one attached hydrogen (secondary N) is 1. The molecule has 2 aliphatic carbocycles. The molecule has 0 unspecified atom stereocenters. The van der Waals surface area contributed by atoms with Crippen molar-refractivity contribution in [3.05, 3.63) is 64.7 Å². The number of carbonyl (C=O) groups excluding carboxylic acids is 2. The van der Waals surface area contributed by atoms with E-state index in [1.165, 1.54) is 24.3 Å². The third-order valence-electron chi connectivity index (χ3n) is 4.79. The van der Waals surface area contributed by atoms with Crippen molar-refractivity contribution in [2.75, 3.05) is 0 Å². The number of amides is 1. The number of benzene rings is 1. The largest absolute Gasteiger partial charge is 0.341 e. The lowest BCUT2D eigenvalue weighted by Gasteiger charge is -2.20. The number of pyridine rings is 1. The van der Waals surface area contributed by atoms with Crippen molar-refractivity contribution < 1.29 is 14.0 Å². The minimum Gasteiger partial charge on any atom is -0.341 e. The van der Waals surface area contributed by atoms with Crippen LogP contribution in [0, 0.1) is 5.82 Å². The molecule has 1 amide bonds. The normalized spacial score (nSPS) is 18.0. The summed E-state index contributed by atoms with van der Waals surface area (Å²) in [5.41, 5.74) is 2.33. The van der Waals surface area contributed by atoms with Crippen molar-refractivity contribution in [2.45, 2.75) is 37.6 Å². The zero-order valence-electron chi connectivity index (χ0n) is 13.1. The maximum Gasteiger partial charge on any atom is 0.252 e. The summed E-state index contributed by atoms with van der Waals surface area (Å²) in [5, 5.41) is 3.03. The van der Waals surface area contributed by atoms with Crippen molar-refractivity contribution in [3.8, 4) is 0 Å². The topological polar surface area (TPSA) is 59.1 Å². The number of Topliss-reactive ketones (excluding diaryl/α,β-unsaturated/α-hetero) is 1. The van der Waals surface area contributed by atoms with Crippen LogP contribution < -0.4 is 5.32 Å². The van der Waals surface area contributed by atoms with Crippen LogP contribution in [-0.2, 0) is 12.0 Å². The number of nitrogens with zero attached hydrogens (tertiary/aromatic N) is 1. The van der Waals surface area contributed by atoms with Gasteiger partial charge in [-0.3, -0.25) is 14.6 Å². The summed E-state index contributed by atoms with van der Waals surface area (Å²) in [7, 11) is 0. The average molecular weight is 324 g/mol. The van der Waals surface area contributed by atoms with E-state index in [9.17, 15) is 14.0 Å². The number of aryl methyl sites for hydroxylation is 1. The van der Waals surface area contributed by atoms with Gasteiger partial charge >= 0.3 is 0 Å². The van der Waals surface area contributed by atoms with Crippen LogP contribution in [0.4, 0.5) is 4.39 Å². The fraction of sp³-hybridized carbons (Fsp3) is 0.316. The number of carbonyl (C=O) groups is 2. The Morgan fingerprint density at radius 1 is 1.08 bits per heavy atom. The molecule has 1 heterocycles. The lowest BCUT2D eigenvalue weighted by molar-refractivity contribution is 0.0926. The van der Waals surface area contributed by atoms with Gasteiger partial charge in [-0.1, -0.05) is 0 Å². The van der Waals surface area contributed by atoms with Gasteiger partial charge in [0.2, 0.25) is 0 Å². The average Bonchev–Trinajstić information content (AvgIpc) is 3.36. The predicted octanol–water partition coefficient (Wildman–Crippen LogP) is 3.16. The number of hydrogen-bond acceptors (Lipinski definition) is 3. The molecule has 4 nitrogen and oxygen atoms in total. The highest BCUT2D eigenvalue weighted by Gasteiger charge is 2.47. The Bertz CT molecular complexity index is 826. The molecule has 0 saturated heterocycles. The molecule has 0 spiro atoms. The SMILES string of the molecule is O=C(NC1(c2ccc3c(n2)CCCC3=O)CC1)c1ccc(F)cc1. The van der Waals surface area contributed by atoms with E-state index in [1.807, 2.05) is 12.1 Å². The first-order valence-electron chi connectivity index (χ1n) is 8.19. The second-order valence-electron chi connectivity index (χ2n) is 6.51. The molecule has 24 heavy (non-hydrogen) atoms. The molecule has 0 radical (unpaired) electrons. The Morgan fingerprint density at radius 3 is 2.54 bits per heavy atom. The summed E-state index contributed by atoms with van der Waals surface area (Å²) in [4.78, 5) is 29.0. The number of halogens is 1. The van der Waals surface area contributed by atoms with Crippen LogP contribution >= 0.6 is 0 Å². The summed E-state index contributed by atoms with van der Waals surface area (Å²) in [6, 6.07) is 9.18. The monoisotopic (exact) mass is 324 g/mol. The van der Waals surface area contributed by atoms with E-state index in [2.05, 4.69) is 10.3 Å². The van der Waals surface area contributed by atoms with Crippen molar-refractivity contribution in [2.24, 2.45) is 0 Å². The molecule has 1 aromatic heterocycles. The smallest absolute Gasteiger partial charge is 0.252 e. The second kappa shape index (κ2) is 5.51. The Morgan fingerprint density at radius 2 is 1.83 bits per heavy atom. The van der Waals surface area contributed by atoms with Crippen LogP contribution in [0.25, 0.3) is 0 Å². The van der Waals surface area contributed by atoms with Crippen LogP contribution in [0.3, 0.4) is 0 Å². The summed E-state index contributed by atoms with van der Waals surface area (Å²) in [5.74, 6) is -0.452. The highest BCUT2D eigenvalue weighted by molar-refractivity contribution is 5.98. The van der Waals surface area contributed by atoms with Gasteiger partial charge in [0.05, 0.1) is 16.9 Å². The molecule has 122 valence electrons. The van der Waals surface area contributed by atoms with E-state index in [4.69, 9.17) is 0 Å². The molecular weight excluding hydrogens is 307 g/mol. The number of ketones is 1. The molecule has 0 aliphatic heterocycles.